The van der Waals surface area contributed by atoms with Gasteiger partial charge < -0.3 is 19.9 Å². The topological polar surface area (TPSA) is 162 Å². The minimum absolute atomic E-state index is 0.0788. The first-order chi connectivity index (χ1) is 14.2. The molecule has 0 bridgehead atoms. The number of hydrogen-bond donors (Lipinski definition) is 2. The van der Waals surface area contributed by atoms with Crippen LogP contribution in [0.1, 0.15) is 44.6 Å². The molecule has 11 nitrogen and oxygen atoms in total. The molecule has 0 aliphatic carbocycles. The third kappa shape index (κ3) is 7.86. The molecule has 0 aliphatic heterocycles. The van der Waals surface area contributed by atoms with Gasteiger partial charge in [0.1, 0.15) is 6.04 Å². The van der Waals surface area contributed by atoms with E-state index in [0.717, 1.165) is 0 Å². The highest BCUT2D eigenvalue weighted by Gasteiger charge is 2.33. The summed E-state index contributed by atoms with van der Waals surface area (Å²) < 4.78 is 9.60. The SMILES string of the molecule is CCOC(=O)CCC(=O)N[C@@H](C(=O)O)[C@H](CC(=O)OCC)c1ccc([N+](=O)[O-])cc1. The van der Waals surface area contributed by atoms with Gasteiger partial charge in [0.2, 0.25) is 5.91 Å². The van der Waals surface area contributed by atoms with Gasteiger partial charge in [-0.1, -0.05) is 12.1 Å². The minimum atomic E-state index is -1.52. The molecule has 0 heterocycles. The molecule has 0 aromatic heterocycles. The number of aliphatic carboxylic acids is 1. The van der Waals surface area contributed by atoms with Crippen LogP contribution in [0, 0.1) is 10.1 Å². The van der Waals surface area contributed by atoms with E-state index in [1.807, 2.05) is 0 Å². The summed E-state index contributed by atoms with van der Waals surface area (Å²) >= 11 is 0. The van der Waals surface area contributed by atoms with Gasteiger partial charge in [0, 0.05) is 24.5 Å². The predicted molar refractivity (Wildman–Crippen MR) is 103 cm³/mol. The Kier molecular flexibility index (Phi) is 9.93. The summed E-state index contributed by atoms with van der Waals surface area (Å²) in [4.78, 5) is 57.6. The Morgan fingerprint density at radius 1 is 1.03 bits per heavy atom. The summed E-state index contributed by atoms with van der Waals surface area (Å²) in [7, 11) is 0. The van der Waals surface area contributed by atoms with Gasteiger partial charge in [-0.05, 0) is 19.4 Å². The Morgan fingerprint density at radius 2 is 1.60 bits per heavy atom. The van der Waals surface area contributed by atoms with Gasteiger partial charge in [-0.3, -0.25) is 24.5 Å². The number of carbonyl (C=O) groups is 4. The van der Waals surface area contributed by atoms with Gasteiger partial charge >= 0.3 is 17.9 Å². The fourth-order valence-corrected chi connectivity index (χ4v) is 2.70. The van der Waals surface area contributed by atoms with Crippen LogP contribution in [-0.2, 0) is 28.7 Å². The van der Waals surface area contributed by atoms with Crippen molar-refractivity contribution in [3.63, 3.8) is 0 Å². The molecular formula is C19H24N2O9. The Balaban J connectivity index is 3.07. The summed E-state index contributed by atoms with van der Waals surface area (Å²) in [6.07, 6.45) is -0.901. The monoisotopic (exact) mass is 424 g/mol. The maximum absolute atomic E-state index is 12.2. The molecule has 1 aromatic rings. The largest absolute Gasteiger partial charge is 0.480 e. The highest BCUT2D eigenvalue weighted by molar-refractivity contribution is 5.87. The molecule has 1 aromatic carbocycles. The third-order valence-electron chi connectivity index (χ3n) is 4.07. The highest BCUT2D eigenvalue weighted by Crippen LogP contribution is 2.27. The highest BCUT2D eigenvalue weighted by atomic mass is 16.6. The summed E-state index contributed by atoms with van der Waals surface area (Å²) in [6.45, 7) is 3.43. The summed E-state index contributed by atoms with van der Waals surface area (Å²) in [5.74, 6) is -4.46. The number of esters is 2. The second-order valence-electron chi connectivity index (χ2n) is 6.15. The van der Waals surface area contributed by atoms with Gasteiger partial charge in [-0.15, -0.1) is 0 Å². The molecule has 0 saturated carbocycles. The molecule has 2 atom stereocenters. The lowest BCUT2D eigenvalue weighted by Gasteiger charge is -2.24. The molecule has 0 spiro atoms. The number of nitrogens with zero attached hydrogens (tertiary/aromatic N) is 1. The van der Waals surface area contributed by atoms with Crippen molar-refractivity contribution in [2.45, 2.75) is 45.1 Å². The molecule has 2 N–H and O–H groups in total. The zero-order chi connectivity index (χ0) is 22.7. The maximum Gasteiger partial charge on any atom is 0.326 e. The van der Waals surface area contributed by atoms with Crippen LogP contribution < -0.4 is 5.32 Å². The molecular weight excluding hydrogens is 400 g/mol. The van der Waals surface area contributed by atoms with E-state index in [4.69, 9.17) is 9.47 Å². The Morgan fingerprint density at radius 3 is 2.10 bits per heavy atom. The minimum Gasteiger partial charge on any atom is -0.480 e. The van der Waals surface area contributed by atoms with Crippen LogP contribution in [0.5, 0.6) is 0 Å². The molecule has 0 unspecified atom stereocenters. The van der Waals surface area contributed by atoms with E-state index >= 15 is 0 Å². The summed E-state index contributed by atoms with van der Waals surface area (Å²) in [5.41, 5.74) is 0.0886. The first-order valence-corrected chi connectivity index (χ1v) is 9.27. The van der Waals surface area contributed by atoms with Crippen molar-refractivity contribution in [1.82, 2.24) is 5.32 Å². The van der Waals surface area contributed by atoms with Gasteiger partial charge in [-0.25, -0.2) is 4.79 Å². The Hall–Kier alpha value is -3.50. The van der Waals surface area contributed by atoms with E-state index in [9.17, 15) is 34.4 Å². The number of carboxylic acid groups (broad SMARTS) is 1. The van der Waals surface area contributed by atoms with Crippen LogP contribution in [0.15, 0.2) is 24.3 Å². The normalized spacial score (nSPS) is 12.3. The van der Waals surface area contributed by atoms with Gasteiger partial charge in [0.15, 0.2) is 0 Å². The van der Waals surface area contributed by atoms with E-state index in [2.05, 4.69) is 5.32 Å². The van der Waals surface area contributed by atoms with Gasteiger partial charge in [0.05, 0.1) is 31.0 Å². The number of ether oxygens (including phenoxy) is 2. The van der Waals surface area contributed by atoms with E-state index in [-0.39, 0.29) is 38.2 Å². The molecule has 0 radical (unpaired) electrons. The van der Waals surface area contributed by atoms with Crippen LogP contribution >= 0.6 is 0 Å². The standard InChI is InChI=1S/C19H24N2O9/c1-3-29-16(23)10-9-15(22)20-18(19(25)26)14(11-17(24)30-4-2)12-5-7-13(8-6-12)21(27)28/h5-8,14,18H,3-4,9-11H2,1-2H3,(H,20,22)(H,25,26)/t14-,18-/m1/s1. The van der Waals surface area contributed by atoms with Crippen molar-refractivity contribution in [3.8, 4) is 0 Å². The molecule has 164 valence electrons. The second-order valence-corrected chi connectivity index (χ2v) is 6.15. The van der Waals surface area contributed by atoms with Crippen molar-refractivity contribution in [2.24, 2.45) is 0 Å². The van der Waals surface area contributed by atoms with Crippen molar-refractivity contribution < 1.29 is 38.7 Å². The zero-order valence-electron chi connectivity index (χ0n) is 16.7. The number of rotatable bonds is 12. The van der Waals surface area contributed by atoms with Crippen LogP contribution in [0.2, 0.25) is 0 Å². The fraction of sp³-hybridized carbons (Fsp3) is 0.474. The van der Waals surface area contributed by atoms with Crippen LogP contribution in [0.25, 0.3) is 0 Å². The molecule has 11 heteroatoms. The molecule has 0 fully saturated rings. The lowest BCUT2D eigenvalue weighted by Crippen LogP contribution is -2.45. The number of benzene rings is 1. The number of amides is 1. The molecule has 0 saturated heterocycles. The first kappa shape index (κ1) is 24.5. The van der Waals surface area contributed by atoms with E-state index < -0.39 is 40.7 Å². The lowest BCUT2D eigenvalue weighted by atomic mass is 9.88. The Labute approximate surface area is 172 Å². The average Bonchev–Trinajstić information content (AvgIpc) is 2.69. The second kappa shape index (κ2) is 12.1. The summed E-state index contributed by atoms with van der Waals surface area (Å²) in [5, 5.41) is 22.8. The smallest absolute Gasteiger partial charge is 0.326 e. The maximum atomic E-state index is 12.2. The number of nitro groups is 1. The number of nitrogens with one attached hydrogen (secondary N) is 1. The summed E-state index contributed by atoms with van der Waals surface area (Å²) in [6, 6.07) is 3.47. The van der Waals surface area contributed by atoms with Gasteiger partial charge in [-0.2, -0.15) is 0 Å². The molecule has 1 rings (SSSR count). The number of carboxylic acids is 1. The number of non-ortho nitro benzene ring substituents is 1. The van der Waals surface area contributed by atoms with Crippen molar-refractivity contribution in [1.29, 1.82) is 0 Å². The lowest BCUT2D eigenvalue weighted by molar-refractivity contribution is -0.384. The van der Waals surface area contributed by atoms with E-state index in [0.29, 0.717) is 5.56 Å². The van der Waals surface area contributed by atoms with Crippen LogP contribution in [0.4, 0.5) is 5.69 Å². The fourth-order valence-electron chi connectivity index (χ4n) is 2.70. The zero-order valence-corrected chi connectivity index (χ0v) is 16.7. The van der Waals surface area contributed by atoms with Crippen LogP contribution in [0.3, 0.4) is 0 Å². The van der Waals surface area contributed by atoms with E-state index in [1.165, 1.54) is 24.3 Å². The van der Waals surface area contributed by atoms with Gasteiger partial charge in [0.25, 0.3) is 5.69 Å². The Bertz CT molecular complexity index is 777. The van der Waals surface area contributed by atoms with Crippen molar-refractivity contribution in [3.05, 3.63) is 39.9 Å². The number of hydrogen-bond acceptors (Lipinski definition) is 8. The molecule has 1 amide bonds. The number of carbonyl (C=O) groups excluding carboxylic acids is 3. The van der Waals surface area contributed by atoms with E-state index in [1.54, 1.807) is 13.8 Å². The quantitative estimate of drug-likeness (QED) is 0.288. The van der Waals surface area contributed by atoms with Crippen molar-refractivity contribution >= 4 is 29.5 Å². The van der Waals surface area contributed by atoms with Crippen LogP contribution in [-0.4, -0.2) is 53.1 Å². The number of nitro benzene ring substituents is 1. The predicted octanol–water partition coefficient (Wildman–Crippen LogP) is 1.54. The molecule has 0 aliphatic rings. The first-order valence-electron chi connectivity index (χ1n) is 9.27. The van der Waals surface area contributed by atoms with Crippen molar-refractivity contribution in [2.75, 3.05) is 13.2 Å². The third-order valence-corrected chi connectivity index (χ3v) is 4.07. The molecule has 30 heavy (non-hydrogen) atoms. The average molecular weight is 424 g/mol.